The van der Waals surface area contributed by atoms with Crippen LogP contribution in [-0.2, 0) is 19.1 Å². The number of aliphatic hydroxyl groups excluding tert-OH is 1. The molecule has 2 atom stereocenters. The number of nitrogens with one attached hydrogen (secondary N) is 1. The first-order chi connectivity index (χ1) is 16.5. The van der Waals surface area contributed by atoms with Gasteiger partial charge in [0.25, 0.3) is 5.91 Å². The largest absolute Gasteiger partial charge is 0.480 e. The van der Waals surface area contributed by atoms with Crippen LogP contribution in [0.15, 0.2) is 48.5 Å². The lowest BCUT2D eigenvalue weighted by atomic mass is 9.98. The number of carboxylic acids is 1. The van der Waals surface area contributed by atoms with Crippen molar-refractivity contribution in [2.24, 2.45) is 5.92 Å². The average Bonchev–Trinajstić information content (AvgIpc) is 3.43. The Kier molecular flexibility index (Phi) is 7.44. The molecule has 0 spiro atoms. The average molecular weight is 469 g/mol. The highest BCUT2D eigenvalue weighted by Crippen LogP contribution is 2.44. The summed E-state index contributed by atoms with van der Waals surface area (Å²) in [4.78, 5) is 37.3. The van der Waals surface area contributed by atoms with E-state index in [0.29, 0.717) is 13.0 Å². The minimum atomic E-state index is -1.17. The number of fused-ring (bicyclic) bond motifs is 3. The molecule has 180 valence electrons. The maximum Gasteiger partial charge on any atom is 0.407 e. The molecule has 1 heterocycles. The van der Waals surface area contributed by atoms with E-state index in [4.69, 9.17) is 19.7 Å². The van der Waals surface area contributed by atoms with E-state index in [1.165, 1.54) is 0 Å². The second-order valence-electron chi connectivity index (χ2n) is 8.42. The maximum absolute atomic E-state index is 12.7. The van der Waals surface area contributed by atoms with Crippen molar-refractivity contribution in [3.63, 3.8) is 0 Å². The van der Waals surface area contributed by atoms with Crippen LogP contribution in [0, 0.1) is 5.92 Å². The molecule has 1 saturated heterocycles. The fraction of sp³-hybridized carbons (Fsp3) is 0.400. The van der Waals surface area contributed by atoms with E-state index in [1.807, 2.05) is 36.4 Å². The number of alkyl carbamates (subject to hydrolysis) is 1. The van der Waals surface area contributed by atoms with Crippen molar-refractivity contribution in [2.75, 3.05) is 39.5 Å². The highest BCUT2D eigenvalue weighted by Gasteiger charge is 2.37. The lowest BCUT2D eigenvalue weighted by molar-refractivity contribution is -0.150. The van der Waals surface area contributed by atoms with Gasteiger partial charge in [0.2, 0.25) is 0 Å². The number of nitrogens with zero attached hydrogens (tertiary/aromatic N) is 1. The van der Waals surface area contributed by atoms with Gasteiger partial charge < -0.3 is 29.9 Å². The molecule has 0 radical (unpaired) electrons. The van der Waals surface area contributed by atoms with Crippen LogP contribution in [0.25, 0.3) is 11.1 Å². The summed E-state index contributed by atoms with van der Waals surface area (Å²) in [5.74, 6) is -2.05. The van der Waals surface area contributed by atoms with Gasteiger partial charge in [0, 0.05) is 31.5 Å². The summed E-state index contributed by atoms with van der Waals surface area (Å²) in [5.41, 5.74) is 4.53. The van der Waals surface area contributed by atoms with Crippen molar-refractivity contribution in [2.45, 2.75) is 18.4 Å². The second-order valence-corrected chi connectivity index (χ2v) is 8.42. The maximum atomic E-state index is 12.7. The summed E-state index contributed by atoms with van der Waals surface area (Å²) in [6.45, 7) is -0.301. The molecule has 34 heavy (non-hydrogen) atoms. The lowest BCUT2D eigenvalue weighted by Gasteiger charge is -2.26. The minimum absolute atomic E-state index is 0.0506. The van der Waals surface area contributed by atoms with Crippen molar-refractivity contribution in [3.05, 3.63) is 59.7 Å². The van der Waals surface area contributed by atoms with Crippen LogP contribution in [0.5, 0.6) is 0 Å². The van der Waals surface area contributed by atoms with Crippen LogP contribution in [0.2, 0.25) is 0 Å². The Morgan fingerprint density at radius 1 is 1.06 bits per heavy atom. The van der Waals surface area contributed by atoms with Gasteiger partial charge in [-0.2, -0.15) is 0 Å². The summed E-state index contributed by atoms with van der Waals surface area (Å²) in [6.07, 6.45) is -0.919. The van der Waals surface area contributed by atoms with Gasteiger partial charge in [0.05, 0.1) is 6.61 Å². The fourth-order valence-electron chi connectivity index (χ4n) is 4.71. The molecule has 4 rings (SSSR count). The van der Waals surface area contributed by atoms with Crippen LogP contribution in [0.4, 0.5) is 4.79 Å². The molecule has 1 aliphatic heterocycles. The van der Waals surface area contributed by atoms with Crippen molar-refractivity contribution in [1.29, 1.82) is 0 Å². The fourth-order valence-corrected chi connectivity index (χ4v) is 4.71. The van der Waals surface area contributed by atoms with Crippen LogP contribution < -0.4 is 5.32 Å². The predicted octanol–water partition coefficient (Wildman–Crippen LogP) is 1.84. The van der Waals surface area contributed by atoms with E-state index in [-0.39, 0.29) is 38.1 Å². The number of hydrogen-bond donors (Lipinski definition) is 3. The topological polar surface area (TPSA) is 125 Å². The van der Waals surface area contributed by atoms with Crippen LogP contribution in [-0.4, -0.2) is 78.6 Å². The Morgan fingerprint density at radius 3 is 2.32 bits per heavy atom. The molecule has 9 heteroatoms. The zero-order valence-electron chi connectivity index (χ0n) is 18.7. The standard InChI is InChI=1S/C25H28N2O7/c28-11-10-27(14-22(29)30)24(31)23-16(9-12-33-23)13-26-25(32)34-15-21-19-7-3-1-5-17(19)18-6-2-4-8-20(18)21/h1-8,16,21,23,28H,9-15H2,(H,26,32)(H,29,30)/t16-,23-/m1/s1. The van der Waals surface area contributed by atoms with E-state index >= 15 is 0 Å². The smallest absolute Gasteiger partial charge is 0.407 e. The molecular weight excluding hydrogens is 440 g/mol. The molecule has 2 aromatic carbocycles. The Bertz CT molecular complexity index is 1010. The van der Waals surface area contributed by atoms with Crippen LogP contribution >= 0.6 is 0 Å². The third-order valence-electron chi connectivity index (χ3n) is 6.32. The normalized spacial score (nSPS) is 18.7. The molecule has 1 fully saturated rings. The first kappa shape index (κ1) is 23.7. The van der Waals surface area contributed by atoms with Crippen LogP contribution in [0.3, 0.4) is 0 Å². The molecular formula is C25H28N2O7. The van der Waals surface area contributed by atoms with E-state index in [0.717, 1.165) is 27.2 Å². The van der Waals surface area contributed by atoms with E-state index in [2.05, 4.69) is 17.4 Å². The molecule has 1 aliphatic carbocycles. The summed E-state index contributed by atoms with van der Waals surface area (Å²) in [7, 11) is 0. The Morgan fingerprint density at radius 2 is 1.71 bits per heavy atom. The van der Waals surface area contributed by atoms with E-state index in [1.54, 1.807) is 0 Å². The number of amides is 2. The summed E-state index contributed by atoms with van der Waals surface area (Å²) >= 11 is 0. The van der Waals surface area contributed by atoms with Gasteiger partial charge in [-0.15, -0.1) is 0 Å². The monoisotopic (exact) mass is 468 g/mol. The first-order valence-electron chi connectivity index (χ1n) is 11.3. The number of hydrogen-bond acceptors (Lipinski definition) is 6. The quantitative estimate of drug-likeness (QED) is 0.513. The zero-order valence-corrected chi connectivity index (χ0v) is 18.7. The van der Waals surface area contributed by atoms with Gasteiger partial charge in [0.15, 0.2) is 0 Å². The van der Waals surface area contributed by atoms with E-state index in [9.17, 15) is 14.4 Å². The van der Waals surface area contributed by atoms with Crippen LogP contribution in [0.1, 0.15) is 23.5 Å². The van der Waals surface area contributed by atoms with Gasteiger partial charge in [-0.25, -0.2) is 4.79 Å². The number of aliphatic hydroxyl groups is 1. The first-order valence-corrected chi connectivity index (χ1v) is 11.3. The van der Waals surface area contributed by atoms with Gasteiger partial charge in [-0.1, -0.05) is 48.5 Å². The zero-order chi connectivity index (χ0) is 24.1. The molecule has 3 N–H and O–H groups in total. The van der Waals surface area contributed by atoms with Gasteiger partial charge >= 0.3 is 12.1 Å². The highest BCUT2D eigenvalue weighted by atomic mass is 16.5. The number of benzene rings is 2. The lowest BCUT2D eigenvalue weighted by Crippen LogP contribution is -2.47. The number of aliphatic carboxylic acids is 1. The molecule has 0 aromatic heterocycles. The van der Waals surface area contributed by atoms with Crippen molar-refractivity contribution in [1.82, 2.24) is 10.2 Å². The molecule has 0 unspecified atom stereocenters. The van der Waals surface area contributed by atoms with E-state index < -0.39 is 30.6 Å². The predicted molar refractivity (Wildman–Crippen MR) is 122 cm³/mol. The molecule has 0 bridgehead atoms. The van der Waals surface area contributed by atoms with Crippen molar-refractivity contribution < 1.29 is 34.1 Å². The summed E-state index contributed by atoms with van der Waals surface area (Å²) < 4.78 is 11.1. The Labute approximate surface area is 197 Å². The summed E-state index contributed by atoms with van der Waals surface area (Å²) in [6, 6.07) is 16.1. The number of carbonyl (C=O) groups excluding carboxylic acids is 2. The molecule has 2 aliphatic rings. The highest BCUT2D eigenvalue weighted by molar-refractivity contribution is 5.85. The second kappa shape index (κ2) is 10.7. The van der Waals surface area contributed by atoms with Gasteiger partial charge in [-0.3, -0.25) is 9.59 Å². The number of ether oxygens (including phenoxy) is 2. The third-order valence-corrected chi connectivity index (χ3v) is 6.32. The molecule has 0 saturated carbocycles. The van der Waals surface area contributed by atoms with Gasteiger partial charge in [-0.05, 0) is 28.7 Å². The van der Waals surface area contributed by atoms with Crippen molar-refractivity contribution >= 4 is 18.0 Å². The Balaban J connectivity index is 1.33. The number of carboxylic acid groups (broad SMARTS) is 1. The molecule has 9 nitrogen and oxygen atoms in total. The number of carbonyl (C=O) groups is 3. The van der Waals surface area contributed by atoms with Gasteiger partial charge in [0.1, 0.15) is 19.3 Å². The Hall–Kier alpha value is -3.43. The molecule has 2 aromatic rings. The summed E-state index contributed by atoms with van der Waals surface area (Å²) in [5, 5.41) is 20.9. The molecule has 2 amide bonds. The SMILES string of the molecule is O=C(O)CN(CCO)C(=O)[C@@H]1OCC[C@@H]1CNC(=O)OCC1c2ccccc2-c2ccccc21. The number of rotatable bonds is 9. The third kappa shape index (κ3) is 5.05. The minimum Gasteiger partial charge on any atom is -0.480 e. The van der Waals surface area contributed by atoms with Crippen molar-refractivity contribution in [3.8, 4) is 11.1 Å².